The van der Waals surface area contributed by atoms with Crippen molar-refractivity contribution in [2.45, 2.75) is 52.6 Å². The number of nitrogens with zero attached hydrogens (tertiary/aromatic N) is 3. The van der Waals surface area contributed by atoms with Crippen molar-refractivity contribution in [3.8, 4) is 0 Å². The predicted octanol–water partition coefficient (Wildman–Crippen LogP) is 3.60. The quantitative estimate of drug-likeness (QED) is 0.782. The first-order chi connectivity index (χ1) is 9.74. The number of aromatic nitrogens is 2. The topological polar surface area (TPSA) is 38.2 Å². The van der Waals surface area contributed by atoms with E-state index in [9.17, 15) is 0 Å². The van der Waals surface area contributed by atoms with E-state index < -0.39 is 0 Å². The molecular formula is C16H26ClN3O. The van der Waals surface area contributed by atoms with Gasteiger partial charge in [-0.2, -0.15) is 0 Å². The minimum atomic E-state index is -0.115. The molecule has 5 heteroatoms. The Morgan fingerprint density at radius 2 is 1.95 bits per heavy atom. The van der Waals surface area contributed by atoms with E-state index in [1.807, 2.05) is 6.92 Å². The fraction of sp³-hybridized carbons (Fsp3) is 0.750. The third kappa shape index (κ3) is 3.49. The zero-order valence-corrected chi connectivity index (χ0v) is 14.7. The van der Waals surface area contributed by atoms with E-state index in [2.05, 4.69) is 37.6 Å². The van der Waals surface area contributed by atoms with Gasteiger partial charge in [0, 0.05) is 31.2 Å². The summed E-state index contributed by atoms with van der Waals surface area (Å²) in [7, 11) is 1.78. The van der Waals surface area contributed by atoms with Crippen LogP contribution in [0.25, 0.3) is 0 Å². The van der Waals surface area contributed by atoms with Crippen LogP contribution in [-0.2, 0) is 10.2 Å². The maximum Gasteiger partial charge on any atom is 0.137 e. The predicted molar refractivity (Wildman–Crippen MR) is 87.3 cm³/mol. The van der Waals surface area contributed by atoms with Crippen LogP contribution in [0.2, 0.25) is 5.15 Å². The molecule has 1 aliphatic rings. The molecule has 0 spiro atoms. The number of halogens is 1. The molecule has 0 N–H and O–H groups in total. The van der Waals surface area contributed by atoms with E-state index in [4.69, 9.17) is 21.3 Å². The monoisotopic (exact) mass is 311 g/mol. The van der Waals surface area contributed by atoms with Gasteiger partial charge in [-0.25, -0.2) is 9.97 Å². The third-order valence-corrected chi connectivity index (χ3v) is 4.59. The smallest absolute Gasteiger partial charge is 0.137 e. The van der Waals surface area contributed by atoms with E-state index in [1.54, 1.807) is 7.11 Å². The van der Waals surface area contributed by atoms with Crippen LogP contribution in [0.4, 0.5) is 5.82 Å². The molecule has 0 aliphatic carbocycles. The number of piperidine rings is 1. The Hall–Kier alpha value is -0.870. The zero-order chi connectivity index (χ0) is 15.8. The highest BCUT2D eigenvalue weighted by molar-refractivity contribution is 6.30. The van der Waals surface area contributed by atoms with Gasteiger partial charge in [0.25, 0.3) is 0 Å². The lowest BCUT2D eigenvalue weighted by Gasteiger charge is -2.38. The fourth-order valence-electron chi connectivity index (χ4n) is 2.65. The Morgan fingerprint density at radius 3 is 2.52 bits per heavy atom. The van der Waals surface area contributed by atoms with Gasteiger partial charge in [-0.15, -0.1) is 0 Å². The van der Waals surface area contributed by atoms with Crippen molar-refractivity contribution in [1.29, 1.82) is 0 Å². The van der Waals surface area contributed by atoms with Gasteiger partial charge in [0.1, 0.15) is 16.8 Å². The van der Waals surface area contributed by atoms with Crippen LogP contribution in [0.5, 0.6) is 0 Å². The van der Waals surface area contributed by atoms with Gasteiger partial charge in [-0.3, -0.25) is 0 Å². The Morgan fingerprint density at radius 1 is 1.29 bits per heavy atom. The summed E-state index contributed by atoms with van der Waals surface area (Å²) in [5, 5.41) is 0.553. The average molecular weight is 312 g/mol. The number of methoxy groups -OCH3 is 1. The average Bonchev–Trinajstić information content (AvgIpc) is 2.41. The van der Waals surface area contributed by atoms with Crippen molar-refractivity contribution in [2.24, 2.45) is 5.92 Å². The second-order valence-corrected chi connectivity index (χ2v) is 7.38. The summed E-state index contributed by atoms with van der Waals surface area (Å²) in [6.07, 6.45) is 1.34. The first-order valence-electron chi connectivity index (χ1n) is 7.56. The molecule has 1 aliphatic heterocycles. The van der Waals surface area contributed by atoms with Crippen LogP contribution in [0, 0.1) is 12.8 Å². The number of hydrogen-bond donors (Lipinski definition) is 0. The second-order valence-electron chi connectivity index (χ2n) is 7.02. The van der Waals surface area contributed by atoms with Gasteiger partial charge in [-0.05, 0) is 19.3 Å². The van der Waals surface area contributed by atoms with Gasteiger partial charge in [-0.1, -0.05) is 39.3 Å². The summed E-state index contributed by atoms with van der Waals surface area (Å²) in [5.41, 5.74) is 0.838. The van der Waals surface area contributed by atoms with Crippen LogP contribution in [-0.4, -0.2) is 36.3 Å². The number of rotatable bonds is 2. The Kier molecular flexibility index (Phi) is 4.79. The van der Waals surface area contributed by atoms with Crippen LogP contribution in [0.15, 0.2) is 0 Å². The third-order valence-electron chi connectivity index (χ3n) is 4.22. The van der Waals surface area contributed by atoms with Crippen LogP contribution in [0.1, 0.15) is 45.5 Å². The lowest BCUT2D eigenvalue weighted by atomic mass is 9.94. The zero-order valence-electron chi connectivity index (χ0n) is 13.9. The summed E-state index contributed by atoms with van der Waals surface area (Å²) in [5.74, 6) is 2.32. The fourth-order valence-corrected chi connectivity index (χ4v) is 2.82. The van der Waals surface area contributed by atoms with Gasteiger partial charge in [0.05, 0.1) is 6.10 Å². The molecule has 2 heterocycles. The van der Waals surface area contributed by atoms with Crippen molar-refractivity contribution in [3.05, 3.63) is 16.5 Å². The summed E-state index contributed by atoms with van der Waals surface area (Å²) >= 11 is 6.33. The molecule has 118 valence electrons. The first-order valence-corrected chi connectivity index (χ1v) is 7.94. The van der Waals surface area contributed by atoms with E-state index >= 15 is 0 Å². The second kappa shape index (κ2) is 6.09. The summed E-state index contributed by atoms with van der Waals surface area (Å²) in [6, 6.07) is 0. The van der Waals surface area contributed by atoms with Gasteiger partial charge in [0.2, 0.25) is 0 Å². The van der Waals surface area contributed by atoms with Crippen LogP contribution >= 0.6 is 11.6 Å². The summed E-state index contributed by atoms with van der Waals surface area (Å²) in [4.78, 5) is 11.5. The van der Waals surface area contributed by atoms with E-state index in [1.165, 1.54) is 0 Å². The first kappa shape index (κ1) is 16.5. The van der Waals surface area contributed by atoms with Crippen LogP contribution in [0.3, 0.4) is 0 Å². The summed E-state index contributed by atoms with van der Waals surface area (Å²) in [6.45, 7) is 12.4. The van der Waals surface area contributed by atoms with Gasteiger partial charge < -0.3 is 9.64 Å². The molecule has 1 aromatic rings. The maximum atomic E-state index is 6.33. The molecule has 4 nitrogen and oxygen atoms in total. The molecule has 0 radical (unpaired) electrons. The molecule has 0 bridgehead atoms. The molecule has 1 saturated heterocycles. The molecule has 21 heavy (non-hydrogen) atoms. The molecule has 1 aromatic heterocycles. The van der Waals surface area contributed by atoms with E-state index in [0.717, 1.165) is 36.7 Å². The van der Waals surface area contributed by atoms with Crippen molar-refractivity contribution in [3.63, 3.8) is 0 Å². The Balaban J connectivity index is 2.37. The van der Waals surface area contributed by atoms with Crippen molar-refractivity contribution in [2.75, 3.05) is 25.1 Å². The molecule has 0 saturated carbocycles. The van der Waals surface area contributed by atoms with Crippen molar-refractivity contribution in [1.82, 2.24) is 9.97 Å². The van der Waals surface area contributed by atoms with E-state index in [0.29, 0.717) is 11.1 Å². The maximum absolute atomic E-state index is 6.33. The van der Waals surface area contributed by atoms with E-state index in [-0.39, 0.29) is 11.5 Å². The number of anilines is 1. The number of ether oxygens (including phenoxy) is 1. The lowest BCUT2D eigenvalue weighted by molar-refractivity contribution is 0.0496. The van der Waals surface area contributed by atoms with Crippen LogP contribution < -0.4 is 4.90 Å². The molecular weight excluding hydrogens is 286 g/mol. The lowest BCUT2D eigenvalue weighted by Crippen LogP contribution is -2.44. The SMILES string of the molecule is COC1CN(c2nc(C(C)(C)C)nc(Cl)c2C)CCC1C. The minimum absolute atomic E-state index is 0.115. The highest BCUT2D eigenvalue weighted by atomic mass is 35.5. The van der Waals surface area contributed by atoms with Gasteiger partial charge in [0.15, 0.2) is 0 Å². The summed E-state index contributed by atoms with van der Waals surface area (Å²) < 4.78 is 5.60. The Labute approximate surface area is 132 Å². The minimum Gasteiger partial charge on any atom is -0.379 e. The molecule has 1 fully saturated rings. The molecule has 0 amide bonds. The molecule has 0 aromatic carbocycles. The van der Waals surface area contributed by atoms with Crippen molar-refractivity contribution < 1.29 is 4.74 Å². The largest absolute Gasteiger partial charge is 0.379 e. The highest BCUT2D eigenvalue weighted by Gasteiger charge is 2.29. The molecule has 2 rings (SSSR count). The van der Waals surface area contributed by atoms with Gasteiger partial charge >= 0.3 is 0 Å². The molecule has 2 unspecified atom stereocenters. The molecule has 2 atom stereocenters. The Bertz CT molecular complexity index is 513. The van der Waals surface area contributed by atoms with Crippen molar-refractivity contribution >= 4 is 17.4 Å². The highest BCUT2D eigenvalue weighted by Crippen LogP contribution is 2.31. The number of hydrogen-bond acceptors (Lipinski definition) is 4. The normalized spacial score (nSPS) is 23.5. The standard InChI is InChI=1S/C16H26ClN3O/c1-10-7-8-20(9-12(10)21-6)14-11(2)13(17)18-15(19-14)16(3,4)5/h10,12H,7-9H2,1-6H3.